The summed E-state index contributed by atoms with van der Waals surface area (Å²) in [5.41, 5.74) is 0. The van der Waals surface area contributed by atoms with Crippen LogP contribution in [-0.2, 0) is 4.79 Å². The van der Waals surface area contributed by atoms with E-state index in [0.29, 0.717) is 0 Å². The van der Waals surface area contributed by atoms with Gasteiger partial charge in [0, 0.05) is 22.7 Å². The fraction of sp³-hybridized carbons (Fsp3) is 0.583. The second-order valence-corrected chi connectivity index (χ2v) is 5.86. The molecule has 0 spiro atoms. The second kappa shape index (κ2) is 5.50. The third-order valence-corrected chi connectivity index (χ3v) is 4.02. The fourth-order valence-electron chi connectivity index (χ4n) is 2.10. The summed E-state index contributed by atoms with van der Waals surface area (Å²) in [5, 5.41) is 3.04. The highest BCUT2D eigenvalue weighted by molar-refractivity contribution is 7.12. The average Bonchev–Trinajstić information content (AvgIpc) is 2.85. The Labute approximate surface area is 113 Å². The zero-order chi connectivity index (χ0) is 14.0. The van der Waals surface area contributed by atoms with Gasteiger partial charge in [0.05, 0.1) is 6.54 Å². The molecule has 1 N–H and O–H groups in total. The number of carbonyl (C=O) groups excluding carboxylic acids is 1. The standard InChI is InChI=1S/C12H15F3N2OS/c1-8-3-4-9(19-8)11-16-7-10(18)17(11)6-2-5-12(13,14)15/h3-4,11,16H,2,5-7H2,1H3. The van der Waals surface area contributed by atoms with Crippen molar-refractivity contribution < 1.29 is 18.0 Å². The van der Waals surface area contributed by atoms with Gasteiger partial charge in [-0.15, -0.1) is 11.3 Å². The molecule has 1 aliphatic rings. The van der Waals surface area contributed by atoms with Crippen LogP contribution in [0.2, 0.25) is 0 Å². The molecule has 0 saturated carbocycles. The van der Waals surface area contributed by atoms with Crippen LogP contribution < -0.4 is 5.32 Å². The summed E-state index contributed by atoms with van der Waals surface area (Å²) in [6.07, 6.45) is -5.35. The molecule has 1 fully saturated rings. The smallest absolute Gasteiger partial charge is 0.321 e. The molecule has 19 heavy (non-hydrogen) atoms. The van der Waals surface area contributed by atoms with Crippen LogP contribution in [0.15, 0.2) is 12.1 Å². The lowest BCUT2D eigenvalue weighted by molar-refractivity contribution is -0.139. The van der Waals surface area contributed by atoms with E-state index in [0.717, 1.165) is 9.75 Å². The van der Waals surface area contributed by atoms with Crippen molar-refractivity contribution in [1.82, 2.24) is 10.2 Å². The quantitative estimate of drug-likeness (QED) is 0.925. The van der Waals surface area contributed by atoms with Crippen LogP contribution in [0.4, 0.5) is 13.2 Å². The highest BCUT2D eigenvalue weighted by Crippen LogP contribution is 2.29. The number of carbonyl (C=O) groups is 1. The predicted molar refractivity (Wildman–Crippen MR) is 66.8 cm³/mol. The zero-order valence-electron chi connectivity index (χ0n) is 10.5. The van der Waals surface area contributed by atoms with E-state index < -0.39 is 12.6 Å². The summed E-state index contributed by atoms with van der Waals surface area (Å²) in [5.74, 6) is -0.141. The van der Waals surface area contributed by atoms with Crippen molar-refractivity contribution in [3.63, 3.8) is 0 Å². The Morgan fingerprint density at radius 3 is 2.79 bits per heavy atom. The maximum atomic E-state index is 12.1. The molecule has 1 atom stereocenters. The second-order valence-electron chi connectivity index (χ2n) is 4.54. The van der Waals surface area contributed by atoms with Crippen molar-refractivity contribution in [2.45, 2.75) is 32.1 Å². The summed E-state index contributed by atoms with van der Waals surface area (Å²) in [6.45, 7) is 2.28. The molecule has 0 radical (unpaired) electrons. The summed E-state index contributed by atoms with van der Waals surface area (Å²) in [4.78, 5) is 15.3. The van der Waals surface area contributed by atoms with E-state index in [1.165, 1.54) is 4.90 Å². The van der Waals surface area contributed by atoms with Crippen molar-refractivity contribution >= 4 is 17.2 Å². The maximum absolute atomic E-state index is 12.1. The highest BCUT2D eigenvalue weighted by Gasteiger charge is 2.33. The Hall–Kier alpha value is -1.08. The van der Waals surface area contributed by atoms with Crippen LogP contribution in [0.3, 0.4) is 0 Å². The van der Waals surface area contributed by atoms with Crippen LogP contribution in [0.5, 0.6) is 0 Å². The van der Waals surface area contributed by atoms with Crippen LogP contribution in [-0.4, -0.2) is 30.1 Å². The first kappa shape index (κ1) is 14.3. The number of alkyl halides is 3. The van der Waals surface area contributed by atoms with Gasteiger partial charge in [0.2, 0.25) is 5.91 Å². The normalized spacial score (nSPS) is 20.3. The SMILES string of the molecule is Cc1ccc(C2NCC(=O)N2CCCC(F)(F)F)s1. The Morgan fingerprint density at radius 1 is 1.47 bits per heavy atom. The van der Waals surface area contributed by atoms with Gasteiger partial charge < -0.3 is 4.90 Å². The van der Waals surface area contributed by atoms with Crippen molar-refractivity contribution in [3.05, 3.63) is 21.9 Å². The van der Waals surface area contributed by atoms with Gasteiger partial charge in [0.25, 0.3) is 0 Å². The summed E-state index contributed by atoms with van der Waals surface area (Å²) in [7, 11) is 0. The maximum Gasteiger partial charge on any atom is 0.389 e. The fourth-order valence-corrected chi connectivity index (χ4v) is 3.06. The van der Waals surface area contributed by atoms with Crippen LogP contribution in [0.25, 0.3) is 0 Å². The van der Waals surface area contributed by atoms with Gasteiger partial charge in [0.1, 0.15) is 6.17 Å². The van der Waals surface area contributed by atoms with Crippen molar-refractivity contribution in [2.75, 3.05) is 13.1 Å². The molecule has 0 aromatic carbocycles. The van der Waals surface area contributed by atoms with E-state index in [1.807, 2.05) is 19.1 Å². The molecule has 0 aliphatic carbocycles. The van der Waals surface area contributed by atoms with Crippen molar-refractivity contribution in [1.29, 1.82) is 0 Å². The molecule has 2 heterocycles. The molecule has 1 aromatic heterocycles. The lowest BCUT2D eigenvalue weighted by Crippen LogP contribution is -2.31. The number of nitrogens with one attached hydrogen (secondary N) is 1. The van der Waals surface area contributed by atoms with E-state index >= 15 is 0 Å². The minimum Gasteiger partial charge on any atom is -0.321 e. The number of nitrogens with zero attached hydrogens (tertiary/aromatic N) is 1. The Kier molecular flexibility index (Phi) is 4.15. The minimum absolute atomic E-state index is 0.0578. The van der Waals surface area contributed by atoms with Crippen molar-refractivity contribution in [3.8, 4) is 0 Å². The molecule has 0 bridgehead atoms. The molecule has 1 unspecified atom stereocenters. The van der Waals surface area contributed by atoms with Gasteiger partial charge in [0.15, 0.2) is 0 Å². The summed E-state index contributed by atoms with van der Waals surface area (Å²) >= 11 is 1.55. The number of hydrogen-bond acceptors (Lipinski definition) is 3. The highest BCUT2D eigenvalue weighted by atomic mass is 32.1. The van der Waals surface area contributed by atoms with Crippen LogP contribution in [0, 0.1) is 6.92 Å². The molecule has 1 aromatic rings. The lowest BCUT2D eigenvalue weighted by atomic mass is 10.2. The predicted octanol–water partition coefficient (Wildman–Crippen LogP) is 2.83. The first-order valence-corrected chi connectivity index (χ1v) is 6.84. The molecule has 1 aliphatic heterocycles. The monoisotopic (exact) mass is 292 g/mol. The molecule has 2 rings (SSSR count). The average molecular weight is 292 g/mol. The van der Waals surface area contributed by atoms with E-state index in [1.54, 1.807) is 11.3 Å². The molecule has 1 amide bonds. The number of aryl methyl sites for hydroxylation is 1. The van der Waals surface area contributed by atoms with Gasteiger partial charge in [-0.25, -0.2) is 0 Å². The minimum atomic E-state index is -4.16. The number of rotatable bonds is 4. The van der Waals surface area contributed by atoms with Crippen LogP contribution in [0.1, 0.15) is 28.8 Å². The topological polar surface area (TPSA) is 32.3 Å². The van der Waals surface area contributed by atoms with E-state index in [4.69, 9.17) is 0 Å². The molecular weight excluding hydrogens is 277 g/mol. The third-order valence-electron chi connectivity index (χ3n) is 2.97. The first-order chi connectivity index (χ1) is 8.87. The van der Waals surface area contributed by atoms with Gasteiger partial charge in [-0.3, -0.25) is 10.1 Å². The largest absolute Gasteiger partial charge is 0.389 e. The molecule has 106 valence electrons. The number of halogens is 3. The van der Waals surface area contributed by atoms with Crippen molar-refractivity contribution in [2.24, 2.45) is 0 Å². The molecular formula is C12H15F3N2OS. The Morgan fingerprint density at radius 2 is 2.21 bits per heavy atom. The van der Waals surface area contributed by atoms with E-state index in [-0.39, 0.29) is 31.6 Å². The van der Waals surface area contributed by atoms with E-state index in [2.05, 4.69) is 5.32 Å². The zero-order valence-corrected chi connectivity index (χ0v) is 11.3. The van der Waals surface area contributed by atoms with Gasteiger partial charge in [-0.1, -0.05) is 0 Å². The van der Waals surface area contributed by atoms with Crippen LogP contribution >= 0.6 is 11.3 Å². The van der Waals surface area contributed by atoms with E-state index in [9.17, 15) is 18.0 Å². The van der Waals surface area contributed by atoms with Gasteiger partial charge in [-0.05, 0) is 25.5 Å². The number of hydrogen-bond donors (Lipinski definition) is 1. The molecule has 1 saturated heterocycles. The first-order valence-electron chi connectivity index (χ1n) is 6.03. The summed E-state index contributed by atoms with van der Waals surface area (Å²) in [6, 6.07) is 3.85. The Balaban J connectivity index is 1.98. The Bertz CT molecular complexity index is 458. The number of amides is 1. The number of thiophene rings is 1. The summed E-state index contributed by atoms with van der Waals surface area (Å²) < 4.78 is 36.4. The van der Waals surface area contributed by atoms with Gasteiger partial charge in [-0.2, -0.15) is 13.2 Å². The third kappa shape index (κ3) is 3.70. The molecule has 7 heteroatoms. The lowest BCUT2D eigenvalue weighted by Gasteiger charge is -2.23. The van der Waals surface area contributed by atoms with Gasteiger partial charge >= 0.3 is 6.18 Å². The molecule has 3 nitrogen and oxygen atoms in total.